The van der Waals surface area contributed by atoms with E-state index in [0.29, 0.717) is 17.9 Å². The maximum atomic E-state index is 12.4. The summed E-state index contributed by atoms with van der Waals surface area (Å²) in [6.45, 7) is 2.46. The molecule has 21 heavy (non-hydrogen) atoms. The number of anilines is 1. The summed E-state index contributed by atoms with van der Waals surface area (Å²) >= 11 is 0. The lowest BCUT2D eigenvalue weighted by molar-refractivity contribution is 0.102. The number of benzene rings is 2. The minimum Gasteiger partial charge on any atom is -0.493 e. The molecule has 3 rings (SSSR count). The first-order valence-electron chi connectivity index (χ1n) is 7.43. The number of aryl methyl sites for hydroxylation is 2. The number of carbonyl (C=O) groups is 1. The second-order valence-electron chi connectivity index (χ2n) is 5.22. The summed E-state index contributed by atoms with van der Waals surface area (Å²) in [6.07, 6.45) is 3.46. The van der Waals surface area contributed by atoms with Crippen LogP contribution in [0.3, 0.4) is 0 Å². The highest BCUT2D eigenvalue weighted by molar-refractivity contribution is 6.06. The lowest BCUT2D eigenvalue weighted by Crippen LogP contribution is -2.13. The Morgan fingerprint density at radius 1 is 1.14 bits per heavy atom. The van der Waals surface area contributed by atoms with Gasteiger partial charge in [-0.05, 0) is 61.6 Å². The van der Waals surface area contributed by atoms with E-state index >= 15 is 0 Å². The van der Waals surface area contributed by atoms with Gasteiger partial charge in [-0.2, -0.15) is 0 Å². The third-order valence-electron chi connectivity index (χ3n) is 3.79. The smallest absolute Gasteiger partial charge is 0.259 e. The monoisotopic (exact) mass is 281 g/mol. The number of rotatable bonds is 4. The van der Waals surface area contributed by atoms with Crippen molar-refractivity contribution in [3.8, 4) is 5.75 Å². The van der Waals surface area contributed by atoms with Crippen molar-refractivity contribution >= 4 is 11.6 Å². The van der Waals surface area contributed by atoms with Crippen molar-refractivity contribution < 1.29 is 9.53 Å². The van der Waals surface area contributed by atoms with Gasteiger partial charge in [0.25, 0.3) is 5.91 Å². The fraction of sp³-hybridized carbons (Fsp3) is 0.278. The van der Waals surface area contributed by atoms with Gasteiger partial charge in [-0.3, -0.25) is 4.79 Å². The molecule has 0 saturated carbocycles. The Morgan fingerprint density at radius 3 is 2.81 bits per heavy atom. The van der Waals surface area contributed by atoms with Crippen LogP contribution < -0.4 is 10.1 Å². The Morgan fingerprint density at radius 2 is 1.95 bits per heavy atom. The Balaban J connectivity index is 1.80. The molecule has 2 aromatic carbocycles. The Bertz CT molecular complexity index is 664. The molecule has 0 fully saturated rings. The number of fused-ring (bicyclic) bond motifs is 1. The van der Waals surface area contributed by atoms with E-state index in [4.69, 9.17) is 4.74 Å². The summed E-state index contributed by atoms with van der Waals surface area (Å²) in [4.78, 5) is 12.4. The fourth-order valence-corrected chi connectivity index (χ4v) is 2.78. The maximum Gasteiger partial charge on any atom is 0.259 e. The molecular weight excluding hydrogens is 262 g/mol. The van der Waals surface area contributed by atoms with Gasteiger partial charge in [0.15, 0.2) is 0 Å². The molecule has 3 heteroatoms. The molecule has 0 bridgehead atoms. The maximum absolute atomic E-state index is 12.4. The highest BCUT2D eigenvalue weighted by Gasteiger charge is 2.14. The van der Waals surface area contributed by atoms with Gasteiger partial charge in [-0.1, -0.05) is 18.2 Å². The zero-order chi connectivity index (χ0) is 14.7. The predicted octanol–water partition coefficient (Wildman–Crippen LogP) is 3.83. The second-order valence-corrected chi connectivity index (χ2v) is 5.22. The Kier molecular flexibility index (Phi) is 3.91. The zero-order valence-electron chi connectivity index (χ0n) is 12.2. The van der Waals surface area contributed by atoms with Crippen LogP contribution in [0.15, 0.2) is 42.5 Å². The van der Waals surface area contributed by atoms with Gasteiger partial charge in [-0.15, -0.1) is 0 Å². The van der Waals surface area contributed by atoms with Crippen LogP contribution in [0.5, 0.6) is 5.75 Å². The number of para-hydroxylation sites is 1. The molecular formula is C18H19NO2. The van der Waals surface area contributed by atoms with Crippen molar-refractivity contribution in [2.24, 2.45) is 0 Å². The number of amides is 1. The van der Waals surface area contributed by atoms with E-state index in [2.05, 4.69) is 17.4 Å². The molecule has 1 amide bonds. The summed E-state index contributed by atoms with van der Waals surface area (Å²) in [5.41, 5.74) is 4.18. The molecule has 0 radical (unpaired) electrons. The van der Waals surface area contributed by atoms with E-state index in [-0.39, 0.29) is 5.91 Å². The van der Waals surface area contributed by atoms with E-state index in [1.165, 1.54) is 17.5 Å². The first-order chi connectivity index (χ1) is 10.3. The summed E-state index contributed by atoms with van der Waals surface area (Å²) in [5, 5.41) is 2.97. The third-order valence-corrected chi connectivity index (χ3v) is 3.79. The average molecular weight is 281 g/mol. The number of ether oxygens (including phenoxy) is 1. The Labute approximate surface area is 124 Å². The van der Waals surface area contributed by atoms with Crippen LogP contribution in [0.4, 0.5) is 5.69 Å². The lowest BCUT2D eigenvalue weighted by Gasteiger charge is -2.11. The quantitative estimate of drug-likeness (QED) is 0.925. The van der Waals surface area contributed by atoms with E-state index in [1.54, 1.807) is 6.07 Å². The lowest BCUT2D eigenvalue weighted by atomic mass is 10.1. The standard InChI is InChI=1S/C18H19NO2/c1-2-21-17-9-4-3-8-16(17)18(20)19-15-11-10-13-6-5-7-14(13)12-15/h3-4,8-12H,2,5-7H2,1H3,(H,19,20). The topological polar surface area (TPSA) is 38.3 Å². The molecule has 0 spiro atoms. The first-order valence-corrected chi connectivity index (χ1v) is 7.43. The number of hydrogen-bond acceptors (Lipinski definition) is 2. The van der Waals surface area contributed by atoms with E-state index < -0.39 is 0 Å². The molecule has 0 aliphatic heterocycles. The van der Waals surface area contributed by atoms with Crippen LogP contribution >= 0.6 is 0 Å². The minimum atomic E-state index is -0.128. The number of hydrogen-bond donors (Lipinski definition) is 1. The van der Waals surface area contributed by atoms with Crippen molar-refractivity contribution in [2.45, 2.75) is 26.2 Å². The van der Waals surface area contributed by atoms with Gasteiger partial charge in [-0.25, -0.2) is 0 Å². The van der Waals surface area contributed by atoms with Crippen LogP contribution in [0.1, 0.15) is 34.8 Å². The van der Waals surface area contributed by atoms with E-state index in [0.717, 1.165) is 18.5 Å². The minimum absolute atomic E-state index is 0.128. The highest BCUT2D eigenvalue weighted by Crippen LogP contribution is 2.26. The van der Waals surface area contributed by atoms with Crippen LogP contribution in [-0.4, -0.2) is 12.5 Å². The Hall–Kier alpha value is -2.29. The van der Waals surface area contributed by atoms with Gasteiger partial charge in [0, 0.05) is 5.69 Å². The van der Waals surface area contributed by atoms with Crippen molar-refractivity contribution in [3.63, 3.8) is 0 Å². The van der Waals surface area contributed by atoms with Crippen molar-refractivity contribution in [3.05, 3.63) is 59.2 Å². The van der Waals surface area contributed by atoms with Gasteiger partial charge >= 0.3 is 0 Å². The predicted molar refractivity (Wildman–Crippen MR) is 84.0 cm³/mol. The second kappa shape index (κ2) is 6.00. The first kappa shape index (κ1) is 13.7. The van der Waals surface area contributed by atoms with Crippen LogP contribution in [0.25, 0.3) is 0 Å². The molecule has 1 aliphatic rings. The highest BCUT2D eigenvalue weighted by atomic mass is 16.5. The molecule has 2 aromatic rings. The third kappa shape index (κ3) is 2.92. The summed E-state index contributed by atoms with van der Waals surface area (Å²) in [7, 11) is 0. The van der Waals surface area contributed by atoms with Crippen molar-refractivity contribution in [1.29, 1.82) is 0 Å². The molecule has 0 aromatic heterocycles. The molecule has 0 atom stereocenters. The van der Waals surface area contributed by atoms with Crippen LogP contribution in [0.2, 0.25) is 0 Å². The molecule has 3 nitrogen and oxygen atoms in total. The van der Waals surface area contributed by atoms with Gasteiger partial charge in [0.1, 0.15) is 5.75 Å². The van der Waals surface area contributed by atoms with Gasteiger partial charge in [0.05, 0.1) is 12.2 Å². The van der Waals surface area contributed by atoms with Crippen molar-refractivity contribution in [1.82, 2.24) is 0 Å². The molecule has 108 valence electrons. The summed E-state index contributed by atoms with van der Waals surface area (Å²) < 4.78 is 5.51. The molecule has 0 heterocycles. The van der Waals surface area contributed by atoms with Crippen molar-refractivity contribution in [2.75, 3.05) is 11.9 Å². The zero-order valence-corrected chi connectivity index (χ0v) is 12.2. The SMILES string of the molecule is CCOc1ccccc1C(=O)Nc1ccc2c(c1)CCC2. The number of nitrogens with one attached hydrogen (secondary N) is 1. The molecule has 1 N–H and O–H groups in total. The largest absolute Gasteiger partial charge is 0.493 e. The molecule has 0 saturated heterocycles. The van der Waals surface area contributed by atoms with Gasteiger partial charge in [0.2, 0.25) is 0 Å². The summed E-state index contributed by atoms with van der Waals surface area (Å²) in [5.74, 6) is 0.496. The average Bonchev–Trinajstić information content (AvgIpc) is 2.95. The van der Waals surface area contributed by atoms with E-state index in [9.17, 15) is 4.79 Å². The van der Waals surface area contributed by atoms with Crippen LogP contribution in [0, 0.1) is 0 Å². The molecule has 1 aliphatic carbocycles. The van der Waals surface area contributed by atoms with Gasteiger partial charge < -0.3 is 10.1 Å². The molecule has 0 unspecified atom stereocenters. The number of carbonyl (C=O) groups excluding carboxylic acids is 1. The normalized spacial score (nSPS) is 12.8. The van der Waals surface area contributed by atoms with Crippen LogP contribution in [-0.2, 0) is 12.8 Å². The summed E-state index contributed by atoms with van der Waals surface area (Å²) in [6, 6.07) is 13.5. The van der Waals surface area contributed by atoms with E-state index in [1.807, 2.05) is 31.2 Å². The fourth-order valence-electron chi connectivity index (χ4n) is 2.78.